The van der Waals surface area contributed by atoms with Crippen molar-refractivity contribution in [1.82, 2.24) is 10.1 Å². The van der Waals surface area contributed by atoms with Gasteiger partial charge in [-0.15, -0.1) is 0 Å². The van der Waals surface area contributed by atoms with Crippen molar-refractivity contribution in [2.24, 2.45) is 5.92 Å². The van der Waals surface area contributed by atoms with Gasteiger partial charge in [0.05, 0.1) is 12.0 Å². The first-order valence-electron chi connectivity index (χ1n) is 6.83. The smallest absolute Gasteiger partial charge is 0.233 e. The van der Waals surface area contributed by atoms with Crippen molar-refractivity contribution in [3.63, 3.8) is 0 Å². The molecular weight excluding hydrogens is 248 g/mol. The van der Waals surface area contributed by atoms with Crippen molar-refractivity contribution in [1.29, 1.82) is 0 Å². The normalized spacial score (nSPS) is 37.0. The van der Waals surface area contributed by atoms with Crippen molar-refractivity contribution in [2.45, 2.75) is 50.5 Å². The number of aromatic nitrogens is 2. The van der Waals surface area contributed by atoms with Gasteiger partial charge < -0.3 is 9.63 Å². The molecular formula is C13H20N2O2S. The van der Waals surface area contributed by atoms with Crippen LogP contribution < -0.4 is 0 Å². The van der Waals surface area contributed by atoms with Crippen molar-refractivity contribution >= 4 is 11.8 Å². The minimum atomic E-state index is -0.324. The summed E-state index contributed by atoms with van der Waals surface area (Å²) in [7, 11) is 0. The molecule has 3 rings (SSSR count). The van der Waals surface area contributed by atoms with Crippen molar-refractivity contribution in [3.8, 4) is 0 Å². The number of rotatable bonds is 2. The van der Waals surface area contributed by atoms with Gasteiger partial charge in [0.1, 0.15) is 0 Å². The Hall–Kier alpha value is -0.550. The SMILES string of the molecule is CC1CCC(c2noc(C3CSCC3O)n2)CC1. The first kappa shape index (κ1) is 12.5. The first-order chi connectivity index (χ1) is 8.74. The van der Waals surface area contributed by atoms with Crippen molar-refractivity contribution in [2.75, 3.05) is 11.5 Å². The van der Waals surface area contributed by atoms with Gasteiger partial charge in [0.15, 0.2) is 5.82 Å². The monoisotopic (exact) mass is 268 g/mol. The highest BCUT2D eigenvalue weighted by Crippen LogP contribution is 2.36. The molecule has 2 aliphatic rings. The molecule has 0 radical (unpaired) electrons. The summed E-state index contributed by atoms with van der Waals surface area (Å²) in [5.74, 6) is 4.51. The number of nitrogens with zero attached hydrogens (tertiary/aromatic N) is 2. The molecule has 1 saturated heterocycles. The van der Waals surface area contributed by atoms with E-state index in [9.17, 15) is 5.11 Å². The third-order valence-corrected chi connectivity index (χ3v) is 5.38. The second-order valence-corrected chi connectivity index (χ2v) is 6.73. The molecule has 0 spiro atoms. The molecule has 2 atom stereocenters. The van der Waals surface area contributed by atoms with Crippen LogP contribution in [0, 0.1) is 5.92 Å². The average molecular weight is 268 g/mol. The van der Waals surface area contributed by atoms with E-state index < -0.39 is 0 Å². The van der Waals surface area contributed by atoms with E-state index in [2.05, 4.69) is 17.1 Å². The third kappa shape index (κ3) is 2.43. The summed E-state index contributed by atoms with van der Waals surface area (Å²) in [6.07, 6.45) is 4.53. The van der Waals surface area contributed by atoms with Gasteiger partial charge in [0, 0.05) is 17.4 Å². The molecule has 1 saturated carbocycles. The molecule has 2 fully saturated rings. The van der Waals surface area contributed by atoms with Gasteiger partial charge in [-0.1, -0.05) is 24.9 Å². The van der Waals surface area contributed by atoms with Crippen LogP contribution in [0.25, 0.3) is 0 Å². The van der Waals surface area contributed by atoms with Crippen LogP contribution in [0.3, 0.4) is 0 Å². The topological polar surface area (TPSA) is 59.2 Å². The molecule has 100 valence electrons. The number of aliphatic hydroxyl groups excluding tert-OH is 1. The van der Waals surface area contributed by atoms with Crippen molar-refractivity contribution < 1.29 is 9.63 Å². The molecule has 2 heterocycles. The van der Waals surface area contributed by atoms with E-state index in [-0.39, 0.29) is 12.0 Å². The highest BCUT2D eigenvalue weighted by atomic mass is 32.2. The van der Waals surface area contributed by atoms with Gasteiger partial charge in [-0.25, -0.2) is 0 Å². The lowest BCUT2D eigenvalue weighted by Crippen LogP contribution is -2.16. The summed E-state index contributed by atoms with van der Waals surface area (Å²) in [6.45, 7) is 2.31. The zero-order valence-electron chi connectivity index (χ0n) is 10.7. The molecule has 1 aliphatic heterocycles. The van der Waals surface area contributed by atoms with Crippen LogP contribution in [-0.2, 0) is 0 Å². The van der Waals surface area contributed by atoms with Crippen LogP contribution in [0.1, 0.15) is 56.2 Å². The second kappa shape index (κ2) is 5.21. The average Bonchev–Trinajstić information content (AvgIpc) is 2.98. The first-order valence-corrected chi connectivity index (χ1v) is 7.99. The maximum absolute atomic E-state index is 9.85. The predicted octanol–water partition coefficient (Wildman–Crippen LogP) is 2.55. The Labute approximate surface area is 112 Å². The standard InChI is InChI=1S/C13H20N2O2S/c1-8-2-4-9(5-3-8)12-14-13(17-15-12)10-6-18-7-11(10)16/h8-11,16H,2-7H2,1H3. The van der Waals surface area contributed by atoms with Crippen molar-refractivity contribution in [3.05, 3.63) is 11.7 Å². The summed E-state index contributed by atoms with van der Waals surface area (Å²) < 4.78 is 5.36. The lowest BCUT2D eigenvalue weighted by Gasteiger charge is -2.23. The van der Waals surface area contributed by atoms with E-state index in [1.807, 2.05) is 0 Å². The summed E-state index contributed by atoms with van der Waals surface area (Å²) in [5, 5.41) is 14.0. The van der Waals surface area contributed by atoms with Gasteiger partial charge in [0.25, 0.3) is 0 Å². The largest absolute Gasteiger partial charge is 0.391 e. The number of hydrogen-bond donors (Lipinski definition) is 1. The molecule has 1 aromatic rings. The highest BCUT2D eigenvalue weighted by molar-refractivity contribution is 7.99. The Kier molecular flexibility index (Phi) is 3.61. The number of thioether (sulfide) groups is 1. The molecule has 0 aromatic carbocycles. The van der Waals surface area contributed by atoms with Gasteiger partial charge in [-0.2, -0.15) is 16.7 Å². The van der Waals surface area contributed by atoms with Gasteiger partial charge in [0.2, 0.25) is 5.89 Å². The second-order valence-electron chi connectivity index (χ2n) is 5.66. The lowest BCUT2D eigenvalue weighted by atomic mass is 9.83. The highest BCUT2D eigenvalue weighted by Gasteiger charge is 2.33. The zero-order chi connectivity index (χ0) is 12.5. The minimum Gasteiger partial charge on any atom is -0.391 e. The Morgan fingerprint density at radius 1 is 1.22 bits per heavy atom. The Morgan fingerprint density at radius 2 is 2.00 bits per heavy atom. The fraction of sp³-hybridized carbons (Fsp3) is 0.846. The molecule has 0 amide bonds. The van der Waals surface area contributed by atoms with E-state index in [4.69, 9.17) is 4.52 Å². The predicted molar refractivity (Wildman–Crippen MR) is 70.7 cm³/mol. The maximum Gasteiger partial charge on any atom is 0.233 e. The fourth-order valence-electron chi connectivity index (χ4n) is 2.86. The molecule has 2 unspecified atom stereocenters. The van der Waals surface area contributed by atoms with E-state index in [1.54, 1.807) is 11.8 Å². The molecule has 18 heavy (non-hydrogen) atoms. The molecule has 1 N–H and O–H groups in total. The van der Waals surface area contributed by atoms with Crippen LogP contribution in [0.4, 0.5) is 0 Å². The minimum absolute atomic E-state index is 0.0405. The van der Waals surface area contributed by atoms with Gasteiger partial charge >= 0.3 is 0 Å². The summed E-state index contributed by atoms with van der Waals surface area (Å²) in [6, 6.07) is 0. The molecule has 0 bridgehead atoms. The lowest BCUT2D eigenvalue weighted by molar-refractivity contribution is 0.164. The van der Waals surface area contributed by atoms with E-state index in [1.165, 1.54) is 25.7 Å². The maximum atomic E-state index is 9.85. The Morgan fingerprint density at radius 3 is 2.67 bits per heavy atom. The Bertz CT molecular complexity index is 401. The third-order valence-electron chi connectivity index (χ3n) is 4.21. The summed E-state index contributed by atoms with van der Waals surface area (Å²) in [5.41, 5.74) is 0. The van der Waals surface area contributed by atoms with E-state index >= 15 is 0 Å². The number of hydrogen-bond acceptors (Lipinski definition) is 5. The van der Waals surface area contributed by atoms with Crippen LogP contribution in [0.5, 0.6) is 0 Å². The van der Waals surface area contributed by atoms with Crippen LogP contribution in [-0.4, -0.2) is 32.9 Å². The fourth-order valence-corrected chi connectivity index (χ4v) is 4.09. The van der Waals surface area contributed by atoms with Crippen LogP contribution in [0.2, 0.25) is 0 Å². The Balaban J connectivity index is 1.69. The van der Waals surface area contributed by atoms with Gasteiger partial charge in [-0.05, 0) is 18.8 Å². The molecule has 1 aromatic heterocycles. The molecule has 5 heteroatoms. The van der Waals surface area contributed by atoms with E-state index in [0.717, 1.165) is 23.2 Å². The molecule has 4 nitrogen and oxygen atoms in total. The van der Waals surface area contributed by atoms with Gasteiger partial charge in [-0.3, -0.25) is 0 Å². The quantitative estimate of drug-likeness (QED) is 0.893. The number of aliphatic hydroxyl groups is 1. The summed E-state index contributed by atoms with van der Waals surface area (Å²) in [4.78, 5) is 4.54. The zero-order valence-corrected chi connectivity index (χ0v) is 11.5. The van der Waals surface area contributed by atoms with E-state index in [0.29, 0.717) is 11.8 Å². The summed E-state index contributed by atoms with van der Waals surface area (Å²) >= 11 is 1.75. The van der Waals surface area contributed by atoms with Crippen LogP contribution >= 0.6 is 11.8 Å². The molecule has 1 aliphatic carbocycles. The van der Waals surface area contributed by atoms with Crippen LogP contribution in [0.15, 0.2) is 4.52 Å².